The van der Waals surface area contributed by atoms with Crippen molar-refractivity contribution in [1.29, 1.82) is 0 Å². The minimum atomic E-state index is -0.272. The van der Waals surface area contributed by atoms with Crippen LogP contribution >= 0.6 is 0 Å². The molecule has 3 fully saturated rings. The van der Waals surface area contributed by atoms with Crippen LogP contribution in [0, 0.1) is 0 Å². The van der Waals surface area contributed by atoms with Crippen LogP contribution in [0.15, 0.2) is 30.5 Å². The normalized spacial score (nSPS) is 26.5. The number of piperazine rings is 1. The summed E-state index contributed by atoms with van der Waals surface area (Å²) in [6.45, 7) is 3.51. The molecule has 2 aromatic rings. The molecule has 33 heavy (non-hydrogen) atoms. The maximum Gasteiger partial charge on any atom is 0.237 e. The van der Waals surface area contributed by atoms with Gasteiger partial charge in [0.25, 0.3) is 0 Å². The summed E-state index contributed by atoms with van der Waals surface area (Å²) in [5.41, 5.74) is 2.50. The Morgan fingerprint density at radius 1 is 1.24 bits per heavy atom. The van der Waals surface area contributed by atoms with Crippen molar-refractivity contribution in [2.45, 2.75) is 62.9 Å². The van der Waals surface area contributed by atoms with E-state index in [2.05, 4.69) is 57.6 Å². The number of aliphatic hydroxyl groups is 1. The Balaban J connectivity index is 1.17. The van der Waals surface area contributed by atoms with Gasteiger partial charge in [-0.3, -0.25) is 14.5 Å². The largest absolute Gasteiger partial charge is 0.393 e. The van der Waals surface area contributed by atoms with E-state index in [0.29, 0.717) is 38.9 Å². The Labute approximate surface area is 194 Å². The van der Waals surface area contributed by atoms with Gasteiger partial charge in [-0.1, -0.05) is 18.2 Å². The van der Waals surface area contributed by atoms with E-state index in [0.717, 1.165) is 25.9 Å². The second kappa shape index (κ2) is 9.44. The zero-order valence-corrected chi connectivity index (χ0v) is 19.4. The predicted octanol–water partition coefficient (Wildman–Crippen LogP) is 0.973. The fraction of sp³-hybridized carbons (Fsp3) is 0.600. The molecule has 0 spiro atoms. The third-order valence-corrected chi connectivity index (χ3v) is 7.69. The summed E-state index contributed by atoms with van der Waals surface area (Å²) in [4.78, 5) is 29.4. The van der Waals surface area contributed by atoms with Gasteiger partial charge in [0.15, 0.2) is 0 Å². The molecule has 3 aliphatic rings. The standard InChI is InChI=1S/C25H35N5O3/c1-28-15-17(21-4-2-3-5-22(21)28)13-26-18-12-23-25(33)27-14-19(30(23)16-18)6-7-24(32)29-10-8-20(31)9-11-29/h2-5,15,18-20,23,26,31H,6-14,16H2,1H3,(H,27,33). The van der Waals surface area contributed by atoms with Crippen molar-refractivity contribution in [1.82, 2.24) is 25.0 Å². The van der Waals surface area contributed by atoms with Gasteiger partial charge in [0.05, 0.1) is 12.1 Å². The number of aromatic nitrogens is 1. The van der Waals surface area contributed by atoms with Gasteiger partial charge in [-0.05, 0) is 37.3 Å². The number of carbonyl (C=O) groups excluding carboxylic acids is 2. The lowest BCUT2D eigenvalue weighted by molar-refractivity contribution is -0.134. The minimum absolute atomic E-state index is 0.108. The number of nitrogens with one attached hydrogen (secondary N) is 2. The molecular weight excluding hydrogens is 418 g/mol. The summed E-state index contributed by atoms with van der Waals surface area (Å²) in [5, 5.41) is 17.7. The molecule has 3 aliphatic heterocycles. The number of para-hydroxylation sites is 1. The highest BCUT2D eigenvalue weighted by molar-refractivity contribution is 5.84. The summed E-state index contributed by atoms with van der Waals surface area (Å²) in [7, 11) is 2.07. The molecule has 3 unspecified atom stereocenters. The van der Waals surface area contributed by atoms with Crippen LogP contribution in [0.25, 0.3) is 10.9 Å². The van der Waals surface area contributed by atoms with E-state index in [9.17, 15) is 14.7 Å². The Morgan fingerprint density at radius 3 is 2.85 bits per heavy atom. The number of rotatable bonds is 6. The number of hydrogen-bond acceptors (Lipinski definition) is 5. The average Bonchev–Trinajstić information content (AvgIpc) is 3.40. The number of benzene rings is 1. The molecular formula is C25H35N5O3. The fourth-order valence-corrected chi connectivity index (χ4v) is 5.78. The molecule has 3 N–H and O–H groups in total. The Kier molecular flexibility index (Phi) is 6.40. The first-order valence-electron chi connectivity index (χ1n) is 12.2. The fourth-order valence-electron chi connectivity index (χ4n) is 5.78. The number of hydrogen-bond donors (Lipinski definition) is 3. The van der Waals surface area contributed by atoms with Crippen molar-refractivity contribution < 1.29 is 14.7 Å². The number of fused-ring (bicyclic) bond motifs is 2. The summed E-state index contributed by atoms with van der Waals surface area (Å²) in [6.07, 6.45) is 5.29. The third-order valence-electron chi connectivity index (χ3n) is 7.69. The topological polar surface area (TPSA) is 89.8 Å². The molecule has 3 saturated heterocycles. The first-order chi connectivity index (χ1) is 16.0. The van der Waals surface area contributed by atoms with Crippen LogP contribution in [0.3, 0.4) is 0 Å². The summed E-state index contributed by atoms with van der Waals surface area (Å²) < 4.78 is 2.16. The minimum Gasteiger partial charge on any atom is -0.393 e. The number of aliphatic hydroxyl groups excluding tert-OH is 1. The zero-order chi connectivity index (χ0) is 22.9. The molecule has 0 aliphatic carbocycles. The van der Waals surface area contributed by atoms with Crippen molar-refractivity contribution in [2.24, 2.45) is 7.05 Å². The average molecular weight is 454 g/mol. The molecule has 0 radical (unpaired) electrons. The smallest absolute Gasteiger partial charge is 0.237 e. The lowest BCUT2D eigenvalue weighted by Gasteiger charge is -2.37. The number of amides is 2. The summed E-state index contributed by atoms with van der Waals surface area (Å²) in [6, 6.07) is 8.76. The van der Waals surface area contributed by atoms with Crippen LogP contribution < -0.4 is 10.6 Å². The van der Waals surface area contributed by atoms with Crippen molar-refractivity contribution in [3.63, 3.8) is 0 Å². The number of likely N-dealkylation sites (tertiary alicyclic amines) is 1. The highest BCUT2D eigenvalue weighted by Gasteiger charge is 2.43. The molecule has 1 aromatic carbocycles. The second-order valence-electron chi connectivity index (χ2n) is 9.86. The Morgan fingerprint density at radius 2 is 2.03 bits per heavy atom. The number of nitrogens with zero attached hydrogens (tertiary/aromatic N) is 3. The highest BCUT2D eigenvalue weighted by Crippen LogP contribution is 2.27. The third kappa shape index (κ3) is 4.65. The van der Waals surface area contributed by atoms with Crippen molar-refractivity contribution in [3.8, 4) is 0 Å². The van der Waals surface area contributed by atoms with E-state index < -0.39 is 0 Å². The van der Waals surface area contributed by atoms with Gasteiger partial charge in [-0.2, -0.15) is 0 Å². The molecule has 8 nitrogen and oxygen atoms in total. The molecule has 0 bridgehead atoms. The quantitative estimate of drug-likeness (QED) is 0.607. The van der Waals surface area contributed by atoms with Crippen LogP contribution in [0.4, 0.5) is 0 Å². The van der Waals surface area contributed by atoms with Crippen LogP contribution in [0.5, 0.6) is 0 Å². The van der Waals surface area contributed by atoms with Crippen molar-refractivity contribution in [3.05, 3.63) is 36.0 Å². The molecule has 1 aromatic heterocycles. The van der Waals surface area contributed by atoms with E-state index in [4.69, 9.17) is 0 Å². The number of aryl methyl sites for hydroxylation is 1. The van der Waals surface area contributed by atoms with Gasteiger partial charge >= 0.3 is 0 Å². The predicted molar refractivity (Wildman–Crippen MR) is 127 cm³/mol. The van der Waals surface area contributed by atoms with Gasteiger partial charge in [0, 0.05) is 75.4 Å². The molecule has 4 heterocycles. The van der Waals surface area contributed by atoms with E-state index >= 15 is 0 Å². The SMILES string of the molecule is Cn1cc(CNC2CC3C(=O)NCC(CCC(=O)N4CCC(O)CC4)N3C2)c2ccccc21. The van der Waals surface area contributed by atoms with E-state index in [1.165, 1.54) is 16.5 Å². The van der Waals surface area contributed by atoms with Crippen molar-refractivity contribution >= 4 is 22.7 Å². The van der Waals surface area contributed by atoms with Gasteiger partial charge in [-0.15, -0.1) is 0 Å². The van der Waals surface area contributed by atoms with E-state index in [1.54, 1.807) is 0 Å². The van der Waals surface area contributed by atoms with E-state index in [-0.39, 0.29) is 36.0 Å². The van der Waals surface area contributed by atoms with E-state index in [1.807, 2.05) is 4.90 Å². The highest BCUT2D eigenvalue weighted by atomic mass is 16.3. The second-order valence-corrected chi connectivity index (χ2v) is 9.86. The maximum absolute atomic E-state index is 12.7. The first kappa shape index (κ1) is 22.4. The Bertz CT molecular complexity index is 1010. The van der Waals surface area contributed by atoms with Crippen molar-refractivity contribution in [2.75, 3.05) is 26.2 Å². The summed E-state index contributed by atoms with van der Waals surface area (Å²) in [5.74, 6) is 0.275. The van der Waals surface area contributed by atoms with Crippen LogP contribution in [-0.2, 0) is 23.2 Å². The molecule has 0 saturated carbocycles. The monoisotopic (exact) mass is 453 g/mol. The number of piperidine rings is 1. The molecule has 5 rings (SSSR count). The van der Waals surface area contributed by atoms with Crippen LogP contribution in [0.1, 0.15) is 37.7 Å². The molecule has 2 amide bonds. The Hall–Kier alpha value is -2.42. The summed E-state index contributed by atoms with van der Waals surface area (Å²) >= 11 is 0. The maximum atomic E-state index is 12.7. The number of carbonyl (C=O) groups is 2. The lowest BCUT2D eigenvalue weighted by Crippen LogP contribution is -2.58. The van der Waals surface area contributed by atoms with Gasteiger partial charge < -0.3 is 25.2 Å². The van der Waals surface area contributed by atoms with Gasteiger partial charge in [0.2, 0.25) is 11.8 Å². The molecule has 8 heteroatoms. The zero-order valence-electron chi connectivity index (χ0n) is 19.4. The van der Waals surface area contributed by atoms with Gasteiger partial charge in [-0.25, -0.2) is 0 Å². The first-order valence-corrected chi connectivity index (χ1v) is 12.2. The molecule has 3 atom stereocenters. The van der Waals surface area contributed by atoms with Crippen LogP contribution in [-0.4, -0.2) is 81.7 Å². The van der Waals surface area contributed by atoms with Gasteiger partial charge in [0.1, 0.15) is 0 Å². The van der Waals surface area contributed by atoms with Crippen LogP contribution in [0.2, 0.25) is 0 Å². The lowest BCUT2D eigenvalue weighted by atomic mass is 10.0. The molecule has 178 valence electrons.